The van der Waals surface area contributed by atoms with Crippen LogP contribution in [0, 0.1) is 0 Å². The molecular weight excluding hydrogens is 352 g/mol. The van der Waals surface area contributed by atoms with E-state index in [0.717, 1.165) is 26.1 Å². The molecule has 26 heavy (non-hydrogen) atoms. The summed E-state index contributed by atoms with van der Waals surface area (Å²) in [4.78, 5) is 31.9. The molecule has 7 nitrogen and oxygen atoms in total. The Labute approximate surface area is 156 Å². The van der Waals surface area contributed by atoms with E-state index in [-0.39, 0.29) is 17.4 Å². The number of amides is 1. The molecule has 1 amide bonds. The van der Waals surface area contributed by atoms with Crippen LogP contribution in [-0.4, -0.2) is 51.6 Å². The van der Waals surface area contributed by atoms with Gasteiger partial charge in [0.25, 0.3) is 11.5 Å². The number of fused-ring (bicyclic) bond motifs is 1. The van der Waals surface area contributed by atoms with E-state index in [0.29, 0.717) is 16.9 Å². The van der Waals surface area contributed by atoms with E-state index in [1.807, 2.05) is 13.8 Å². The van der Waals surface area contributed by atoms with Crippen molar-refractivity contribution in [2.24, 2.45) is 0 Å². The molecule has 0 radical (unpaired) electrons. The van der Waals surface area contributed by atoms with E-state index in [4.69, 9.17) is 0 Å². The Bertz CT molecular complexity index is 837. The van der Waals surface area contributed by atoms with E-state index < -0.39 is 11.5 Å². The molecule has 2 N–H and O–H groups in total. The van der Waals surface area contributed by atoms with Crippen molar-refractivity contribution in [2.45, 2.75) is 45.6 Å². The van der Waals surface area contributed by atoms with Crippen LogP contribution in [0.25, 0.3) is 10.3 Å². The molecule has 0 aromatic carbocycles. The van der Waals surface area contributed by atoms with Gasteiger partial charge in [0.05, 0.1) is 5.51 Å². The van der Waals surface area contributed by atoms with Crippen molar-refractivity contribution < 1.29 is 9.90 Å². The van der Waals surface area contributed by atoms with Gasteiger partial charge in [0.1, 0.15) is 10.3 Å². The molecule has 1 aliphatic rings. The van der Waals surface area contributed by atoms with Crippen LogP contribution in [0.4, 0.5) is 0 Å². The Balaban J connectivity index is 1.72. The fraction of sp³-hybridized carbons (Fsp3) is 0.611. The van der Waals surface area contributed by atoms with Gasteiger partial charge >= 0.3 is 0 Å². The van der Waals surface area contributed by atoms with Crippen LogP contribution < -0.4 is 10.9 Å². The van der Waals surface area contributed by atoms with Gasteiger partial charge in [-0.1, -0.05) is 6.42 Å². The van der Waals surface area contributed by atoms with Crippen LogP contribution >= 0.6 is 11.3 Å². The molecule has 3 rings (SSSR count). The molecule has 1 aliphatic heterocycles. The summed E-state index contributed by atoms with van der Waals surface area (Å²) in [6.07, 6.45) is 4.61. The second kappa shape index (κ2) is 8.18. The summed E-state index contributed by atoms with van der Waals surface area (Å²) in [7, 11) is 0. The quantitative estimate of drug-likeness (QED) is 0.754. The summed E-state index contributed by atoms with van der Waals surface area (Å²) in [5.74, 6) is -0.784. The number of nitrogens with one attached hydrogen (secondary N) is 1. The second-order valence-electron chi connectivity index (χ2n) is 7.01. The van der Waals surface area contributed by atoms with Crippen molar-refractivity contribution in [1.29, 1.82) is 0 Å². The lowest BCUT2D eigenvalue weighted by atomic mass is 10.1. The third-order valence-electron chi connectivity index (χ3n) is 4.79. The molecule has 0 saturated carbocycles. The lowest BCUT2D eigenvalue weighted by Crippen LogP contribution is -2.36. The maximum atomic E-state index is 12.8. The third-order valence-corrected chi connectivity index (χ3v) is 5.61. The lowest BCUT2D eigenvalue weighted by Gasteiger charge is -2.26. The molecule has 2 aromatic rings. The molecule has 0 bridgehead atoms. The fourth-order valence-electron chi connectivity index (χ4n) is 3.46. The number of rotatable bonds is 6. The lowest BCUT2D eigenvalue weighted by molar-refractivity contribution is 0.0946. The van der Waals surface area contributed by atoms with Gasteiger partial charge < -0.3 is 15.3 Å². The van der Waals surface area contributed by atoms with E-state index >= 15 is 0 Å². The maximum Gasteiger partial charge on any atom is 0.269 e. The molecule has 3 heterocycles. The summed E-state index contributed by atoms with van der Waals surface area (Å²) in [5.41, 5.74) is 1.32. The number of aromatic nitrogens is 2. The predicted octanol–water partition coefficient (Wildman–Crippen LogP) is 2.35. The van der Waals surface area contributed by atoms with Crippen LogP contribution in [0.15, 0.2) is 10.3 Å². The highest BCUT2D eigenvalue weighted by atomic mass is 32.1. The van der Waals surface area contributed by atoms with E-state index in [1.165, 1.54) is 35.2 Å². The Kier molecular flexibility index (Phi) is 5.93. The van der Waals surface area contributed by atoms with Gasteiger partial charge in [0.15, 0.2) is 11.4 Å². The van der Waals surface area contributed by atoms with Crippen molar-refractivity contribution in [3.8, 4) is 5.75 Å². The largest absolute Gasteiger partial charge is 0.505 e. The predicted molar refractivity (Wildman–Crippen MR) is 103 cm³/mol. The molecule has 0 aliphatic carbocycles. The zero-order chi connectivity index (χ0) is 18.7. The number of nitrogens with zero attached hydrogens (tertiary/aromatic N) is 3. The number of carbonyl (C=O) groups excluding carboxylic acids is 1. The van der Waals surface area contributed by atoms with Gasteiger partial charge in [-0.2, -0.15) is 0 Å². The minimum absolute atomic E-state index is 0.154. The topological polar surface area (TPSA) is 87.5 Å². The van der Waals surface area contributed by atoms with Gasteiger partial charge in [-0.25, -0.2) is 4.98 Å². The molecular formula is C18H26N4O3S. The maximum absolute atomic E-state index is 12.8. The van der Waals surface area contributed by atoms with Gasteiger partial charge in [-0.05, 0) is 52.7 Å². The van der Waals surface area contributed by atoms with Crippen LogP contribution in [0.3, 0.4) is 0 Å². The first-order valence-electron chi connectivity index (χ1n) is 9.22. The number of likely N-dealkylation sites (tertiary alicyclic amines) is 1. The van der Waals surface area contributed by atoms with Crippen molar-refractivity contribution >= 4 is 27.6 Å². The first-order valence-corrected chi connectivity index (χ1v) is 10.1. The highest BCUT2D eigenvalue weighted by molar-refractivity contribution is 7.17. The standard InChI is InChI=1S/C18H26N4O3S/c1-12(2)22-16-15(26-11-20-16)14(23)13(18(22)25)17(24)19-7-6-10-21-8-4-3-5-9-21/h11-12,23H,3-10H2,1-2H3,(H,19,24). The van der Waals surface area contributed by atoms with Crippen LogP contribution in [-0.2, 0) is 0 Å². The molecule has 8 heteroatoms. The Hall–Kier alpha value is -1.93. The molecule has 0 spiro atoms. The van der Waals surface area contributed by atoms with Gasteiger partial charge in [-0.15, -0.1) is 11.3 Å². The monoisotopic (exact) mass is 378 g/mol. The van der Waals surface area contributed by atoms with Crippen LogP contribution in [0.5, 0.6) is 5.75 Å². The van der Waals surface area contributed by atoms with Crippen molar-refractivity contribution in [3.63, 3.8) is 0 Å². The number of carbonyl (C=O) groups is 1. The summed E-state index contributed by atoms with van der Waals surface area (Å²) >= 11 is 1.23. The minimum Gasteiger partial charge on any atom is -0.505 e. The zero-order valence-corrected chi connectivity index (χ0v) is 16.1. The summed E-state index contributed by atoms with van der Waals surface area (Å²) < 4.78 is 1.94. The summed E-state index contributed by atoms with van der Waals surface area (Å²) in [5, 5.41) is 13.2. The highest BCUT2D eigenvalue weighted by Crippen LogP contribution is 2.30. The van der Waals surface area contributed by atoms with Gasteiger partial charge in [-0.3, -0.25) is 14.2 Å². The van der Waals surface area contributed by atoms with E-state index in [1.54, 1.807) is 5.51 Å². The fourth-order valence-corrected chi connectivity index (χ4v) is 4.19. The normalized spacial score (nSPS) is 15.7. The molecule has 2 aromatic heterocycles. The number of hydrogen-bond donors (Lipinski definition) is 2. The first kappa shape index (κ1) is 18.8. The van der Waals surface area contributed by atoms with Crippen molar-refractivity contribution in [3.05, 3.63) is 21.4 Å². The summed E-state index contributed by atoms with van der Waals surface area (Å²) in [6.45, 7) is 7.38. The van der Waals surface area contributed by atoms with Crippen LogP contribution in [0.1, 0.15) is 55.9 Å². The number of aromatic hydroxyl groups is 1. The highest BCUT2D eigenvalue weighted by Gasteiger charge is 2.24. The average molecular weight is 378 g/mol. The van der Waals surface area contributed by atoms with Crippen LogP contribution in [0.2, 0.25) is 0 Å². The Morgan fingerprint density at radius 1 is 1.35 bits per heavy atom. The number of hydrogen-bond acceptors (Lipinski definition) is 6. The molecule has 1 saturated heterocycles. The SMILES string of the molecule is CC(C)n1c(=O)c(C(=O)NCCCN2CCCCC2)c(O)c2scnc21. The number of pyridine rings is 1. The van der Waals surface area contributed by atoms with E-state index in [9.17, 15) is 14.7 Å². The Morgan fingerprint density at radius 3 is 2.77 bits per heavy atom. The Morgan fingerprint density at radius 2 is 2.08 bits per heavy atom. The number of piperidine rings is 1. The summed E-state index contributed by atoms with van der Waals surface area (Å²) in [6, 6.07) is -0.154. The molecule has 0 atom stereocenters. The zero-order valence-electron chi connectivity index (χ0n) is 15.3. The second-order valence-corrected chi connectivity index (χ2v) is 7.86. The minimum atomic E-state index is -0.518. The number of thiazole rings is 1. The molecule has 0 unspecified atom stereocenters. The van der Waals surface area contributed by atoms with E-state index in [2.05, 4.69) is 15.2 Å². The van der Waals surface area contributed by atoms with Gasteiger partial charge in [0.2, 0.25) is 0 Å². The smallest absolute Gasteiger partial charge is 0.269 e. The average Bonchev–Trinajstić information content (AvgIpc) is 3.09. The molecule has 142 valence electrons. The first-order chi connectivity index (χ1) is 12.5. The van der Waals surface area contributed by atoms with Crippen molar-refractivity contribution in [1.82, 2.24) is 19.8 Å². The molecule has 1 fully saturated rings. The van der Waals surface area contributed by atoms with Crippen molar-refractivity contribution in [2.75, 3.05) is 26.2 Å². The third kappa shape index (κ3) is 3.76. The van der Waals surface area contributed by atoms with Gasteiger partial charge in [0, 0.05) is 12.6 Å².